The molecule has 0 radical (unpaired) electrons. The molecule has 8 heteroatoms. The fraction of sp³-hybridized carbons (Fsp3) is 1.00. The molecular weight excluding hydrogens is 346 g/mol. The van der Waals surface area contributed by atoms with Gasteiger partial charge in [0.1, 0.15) is 0 Å². The molecule has 0 saturated heterocycles. The Balaban J connectivity index is -0.00000144. The summed E-state index contributed by atoms with van der Waals surface area (Å²) in [6.45, 7) is 0. The van der Waals surface area contributed by atoms with E-state index in [4.69, 9.17) is 23.2 Å². The first-order chi connectivity index (χ1) is 8.33. The average Bonchev–Trinajstić information content (AvgIpc) is 2.31. The highest BCUT2D eigenvalue weighted by Crippen LogP contribution is 2.18. The molecule has 0 aliphatic carbocycles. The fourth-order valence-corrected chi connectivity index (χ4v) is 2.36. The number of nitrogens with zero attached hydrogens (tertiary/aromatic N) is 2. The van der Waals surface area contributed by atoms with Crippen molar-refractivity contribution in [2.45, 2.75) is 37.1 Å². The standard InChI is InChI=1S/C12H26Cl2N2O2.2ClH/c1-15(2)11(5-9(17)7-13)12(16(3)4)6-10(18)8-14;;/h9-12,17-18H,5-8H2,1-4H3;2*1H. The SMILES string of the molecule is CN(C)C(CC(O)CCl)C(CC(O)CCl)N(C)C.Cl.Cl. The summed E-state index contributed by atoms with van der Waals surface area (Å²) in [5, 5.41) is 19.5. The maximum Gasteiger partial charge on any atom is 0.0691 e. The van der Waals surface area contributed by atoms with Crippen LogP contribution in [0.15, 0.2) is 0 Å². The van der Waals surface area contributed by atoms with E-state index in [9.17, 15) is 10.2 Å². The van der Waals surface area contributed by atoms with Crippen LogP contribution in [0.1, 0.15) is 12.8 Å². The third-order valence-electron chi connectivity index (χ3n) is 3.15. The summed E-state index contributed by atoms with van der Waals surface area (Å²) < 4.78 is 0. The predicted molar refractivity (Wildman–Crippen MR) is 92.1 cm³/mol. The number of likely N-dealkylation sites (N-methyl/N-ethyl adjacent to an activating group) is 2. The summed E-state index contributed by atoms with van der Waals surface area (Å²) in [6.07, 6.45) is 0.0900. The van der Waals surface area contributed by atoms with E-state index in [-0.39, 0.29) is 48.7 Å². The largest absolute Gasteiger partial charge is 0.392 e. The van der Waals surface area contributed by atoms with Crippen molar-refractivity contribution in [3.8, 4) is 0 Å². The number of rotatable bonds is 9. The second-order valence-electron chi connectivity index (χ2n) is 5.15. The van der Waals surface area contributed by atoms with Gasteiger partial charge in [-0.25, -0.2) is 0 Å². The molecule has 20 heavy (non-hydrogen) atoms. The number of hydrogen-bond donors (Lipinski definition) is 2. The van der Waals surface area contributed by atoms with Gasteiger partial charge in [-0.3, -0.25) is 0 Å². The predicted octanol–water partition coefficient (Wildman–Crippen LogP) is 1.67. The van der Waals surface area contributed by atoms with E-state index in [0.717, 1.165) is 0 Å². The molecule has 0 bridgehead atoms. The number of aliphatic hydroxyl groups is 2. The van der Waals surface area contributed by atoms with Crippen molar-refractivity contribution in [1.29, 1.82) is 0 Å². The zero-order valence-electron chi connectivity index (χ0n) is 12.5. The molecule has 4 atom stereocenters. The number of alkyl halides is 2. The third-order valence-corrected chi connectivity index (χ3v) is 3.87. The lowest BCUT2D eigenvalue weighted by Crippen LogP contribution is -2.50. The Morgan fingerprint density at radius 1 is 0.750 bits per heavy atom. The second-order valence-corrected chi connectivity index (χ2v) is 5.77. The highest BCUT2D eigenvalue weighted by molar-refractivity contribution is 6.18. The van der Waals surface area contributed by atoms with Gasteiger partial charge >= 0.3 is 0 Å². The fourth-order valence-electron chi connectivity index (χ4n) is 2.11. The summed E-state index contributed by atoms with van der Waals surface area (Å²) in [7, 11) is 7.87. The van der Waals surface area contributed by atoms with E-state index in [1.807, 2.05) is 28.2 Å². The molecule has 0 aliphatic rings. The van der Waals surface area contributed by atoms with E-state index in [1.165, 1.54) is 0 Å². The highest BCUT2D eigenvalue weighted by atomic mass is 35.5. The first kappa shape index (κ1) is 25.9. The van der Waals surface area contributed by atoms with Crippen molar-refractivity contribution in [3.63, 3.8) is 0 Å². The van der Waals surface area contributed by atoms with E-state index in [0.29, 0.717) is 12.8 Å². The highest BCUT2D eigenvalue weighted by Gasteiger charge is 2.29. The van der Waals surface area contributed by atoms with Crippen LogP contribution in [-0.4, -0.2) is 84.3 Å². The molecule has 126 valence electrons. The van der Waals surface area contributed by atoms with Crippen molar-refractivity contribution >= 4 is 48.0 Å². The molecule has 0 aromatic carbocycles. The van der Waals surface area contributed by atoms with Gasteiger partial charge in [0.25, 0.3) is 0 Å². The van der Waals surface area contributed by atoms with Gasteiger partial charge in [-0.1, -0.05) is 0 Å². The van der Waals surface area contributed by atoms with Gasteiger partial charge in [-0.2, -0.15) is 0 Å². The molecule has 0 aromatic rings. The Kier molecular flexibility index (Phi) is 17.7. The molecular formula is C12H28Cl4N2O2. The van der Waals surface area contributed by atoms with Gasteiger partial charge < -0.3 is 20.0 Å². The quantitative estimate of drug-likeness (QED) is 0.603. The van der Waals surface area contributed by atoms with Crippen molar-refractivity contribution in [3.05, 3.63) is 0 Å². The summed E-state index contributed by atoms with van der Waals surface area (Å²) in [6, 6.07) is 0.234. The van der Waals surface area contributed by atoms with E-state index >= 15 is 0 Å². The van der Waals surface area contributed by atoms with Crippen LogP contribution in [-0.2, 0) is 0 Å². The van der Waals surface area contributed by atoms with Crippen molar-refractivity contribution in [2.24, 2.45) is 0 Å². The normalized spacial score (nSPS) is 17.1. The zero-order chi connectivity index (χ0) is 14.3. The summed E-state index contributed by atoms with van der Waals surface area (Å²) in [5.74, 6) is 0.450. The van der Waals surface area contributed by atoms with Gasteiger partial charge in [0, 0.05) is 23.8 Å². The second kappa shape index (κ2) is 13.6. The van der Waals surface area contributed by atoms with Crippen LogP contribution in [0.2, 0.25) is 0 Å². The Labute approximate surface area is 145 Å². The maximum atomic E-state index is 9.73. The lowest BCUT2D eigenvalue weighted by Gasteiger charge is -2.38. The first-order valence-corrected chi connectivity index (χ1v) is 7.21. The minimum atomic E-state index is -0.533. The molecule has 0 aromatic heterocycles. The van der Waals surface area contributed by atoms with Crippen LogP contribution in [0.4, 0.5) is 0 Å². The van der Waals surface area contributed by atoms with Crippen molar-refractivity contribution in [2.75, 3.05) is 40.0 Å². The van der Waals surface area contributed by atoms with E-state index in [1.54, 1.807) is 0 Å². The Morgan fingerprint density at radius 2 is 1.00 bits per heavy atom. The lowest BCUT2D eigenvalue weighted by atomic mass is 9.95. The maximum absolute atomic E-state index is 9.73. The molecule has 2 N–H and O–H groups in total. The van der Waals surface area contributed by atoms with Gasteiger partial charge in [0.15, 0.2) is 0 Å². The molecule has 0 heterocycles. The van der Waals surface area contributed by atoms with Crippen LogP contribution in [0, 0.1) is 0 Å². The van der Waals surface area contributed by atoms with Crippen LogP contribution in [0.5, 0.6) is 0 Å². The Morgan fingerprint density at radius 3 is 1.15 bits per heavy atom. The molecule has 0 amide bonds. The molecule has 4 unspecified atom stereocenters. The number of aliphatic hydroxyl groups excluding tert-OH is 2. The molecule has 0 fully saturated rings. The topological polar surface area (TPSA) is 46.9 Å². The van der Waals surface area contributed by atoms with Crippen molar-refractivity contribution in [1.82, 2.24) is 9.80 Å². The monoisotopic (exact) mass is 372 g/mol. The number of halogens is 4. The minimum Gasteiger partial charge on any atom is -0.392 e. The molecule has 4 nitrogen and oxygen atoms in total. The van der Waals surface area contributed by atoms with Crippen LogP contribution < -0.4 is 0 Å². The summed E-state index contributed by atoms with van der Waals surface area (Å²) in [5.41, 5.74) is 0. The third kappa shape index (κ3) is 9.85. The van der Waals surface area contributed by atoms with Crippen LogP contribution in [0.25, 0.3) is 0 Å². The Bertz CT molecular complexity index is 202. The van der Waals surface area contributed by atoms with Crippen LogP contribution >= 0.6 is 48.0 Å². The first-order valence-electron chi connectivity index (χ1n) is 6.14. The smallest absolute Gasteiger partial charge is 0.0691 e. The molecule has 0 spiro atoms. The molecule has 0 saturated carbocycles. The van der Waals surface area contributed by atoms with Gasteiger partial charge in [0.05, 0.1) is 12.2 Å². The Hall–Kier alpha value is 1.00. The summed E-state index contributed by atoms with van der Waals surface area (Å²) >= 11 is 11.3. The number of hydrogen-bond acceptors (Lipinski definition) is 4. The van der Waals surface area contributed by atoms with E-state index < -0.39 is 12.2 Å². The van der Waals surface area contributed by atoms with Crippen molar-refractivity contribution < 1.29 is 10.2 Å². The van der Waals surface area contributed by atoms with Gasteiger partial charge in [0.2, 0.25) is 0 Å². The van der Waals surface area contributed by atoms with Gasteiger partial charge in [-0.15, -0.1) is 48.0 Å². The minimum absolute atomic E-state index is 0. The average molecular weight is 374 g/mol. The van der Waals surface area contributed by atoms with Crippen LogP contribution in [0.3, 0.4) is 0 Å². The van der Waals surface area contributed by atoms with E-state index in [2.05, 4.69) is 9.80 Å². The lowest BCUT2D eigenvalue weighted by molar-refractivity contribution is 0.0599. The molecule has 0 rings (SSSR count). The summed E-state index contributed by atoms with van der Waals surface area (Å²) in [4.78, 5) is 4.11. The molecule has 0 aliphatic heterocycles. The zero-order valence-corrected chi connectivity index (χ0v) is 15.6. The van der Waals surface area contributed by atoms with Gasteiger partial charge in [-0.05, 0) is 41.0 Å².